The molecule has 14 heavy (non-hydrogen) atoms. The molecule has 0 aromatic heterocycles. The minimum absolute atomic E-state index is 0.00875. The first-order chi connectivity index (χ1) is 6.02. The molecule has 2 N–H and O–H groups in total. The first-order valence-electron chi connectivity index (χ1n) is 3.84. The smallest absolute Gasteiger partial charge is 0.345 e. The molecule has 0 saturated carbocycles. The number of hydrazine groups is 1. The van der Waals surface area contributed by atoms with Gasteiger partial charge in [0, 0.05) is 0 Å². The number of hydroxylamine groups is 1. The van der Waals surface area contributed by atoms with Crippen LogP contribution in [0.3, 0.4) is 0 Å². The summed E-state index contributed by atoms with van der Waals surface area (Å²) in [4.78, 5) is 14.1. The molecule has 0 amide bonds. The Labute approximate surface area is 79.7 Å². The topological polar surface area (TPSA) is 55.6 Å². The van der Waals surface area contributed by atoms with E-state index in [1.165, 1.54) is 0 Å². The predicted octanol–water partition coefficient (Wildman–Crippen LogP) is 1.23. The summed E-state index contributed by atoms with van der Waals surface area (Å²) in [6, 6.07) is 0. The highest BCUT2D eigenvalue weighted by atomic mass is 19.4. The number of halogens is 3. The van der Waals surface area contributed by atoms with Crippen molar-refractivity contribution < 1.29 is 22.8 Å². The third kappa shape index (κ3) is 5.76. The fraction of sp³-hybridized carbons (Fsp3) is 0.857. The molecule has 0 radical (unpaired) electrons. The maximum absolute atomic E-state index is 11.7. The van der Waals surface area contributed by atoms with E-state index >= 15 is 0 Å². The Morgan fingerprint density at radius 3 is 2.07 bits per heavy atom. The van der Waals surface area contributed by atoms with Gasteiger partial charge in [0.2, 0.25) is 0 Å². The molecule has 0 spiro atoms. The fourth-order valence-electron chi connectivity index (χ4n) is 0.658. The predicted molar refractivity (Wildman–Crippen MR) is 42.5 cm³/mol. The quantitative estimate of drug-likeness (QED) is 0.554. The van der Waals surface area contributed by atoms with E-state index in [4.69, 9.17) is 5.84 Å². The summed E-state index contributed by atoms with van der Waals surface area (Å²) in [5.41, 5.74) is -0.360. The molecule has 7 heteroatoms. The lowest BCUT2D eigenvalue weighted by Crippen LogP contribution is -2.43. The average Bonchev–Trinajstić information content (AvgIpc) is 1.79. The lowest BCUT2D eigenvalue weighted by Gasteiger charge is -2.24. The second-order valence-electron chi connectivity index (χ2n) is 4.01. The molecule has 84 valence electrons. The van der Waals surface area contributed by atoms with Gasteiger partial charge in [-0.1, -0.05) is 25.9 Å². The van der Waals surface area contributed by atoms with Crippen LogP contribution in [0.4, 0.5) is 13.2 Å². The SMILES string of the molecule is CC(C)(C)CN(N)OC(=O)C(F)(F)F. The van der Waals surface area contributed by atoms with Crippen LogP contribution in [0.5, 0.6) is 0 Å². The van der Waals surface area contributed by atoms with Gasteiger partial charge in [-0.3, -0.25) is 0 Å². The van der Waals surface area contributed by atoms with Crippen molar-refractivity contribution in [3.63, 3.8) is 0 Å². The van der Waals surface area contributed by atoms with Crippen molar-refractivity contribution in [3.8, 4) is 0 Å². The zero-order valence-corrected chi connectivity index (χ0v) is 8.18. The van der Waals surface area contributed by atoms with Crippen molar-refractivity contribution in [3.05, 3.63) is 0 Å². The Balaban J connectivity index is 4.09. The molecule has 0 unspecified atom stereocenters. The highest BCUT2D eigenvalue weighted by molar-refractivity contribution is 5.75. The van der Waals surface area contributed by atoms with E-state index in [0.29, 0.717) is 5.17 Å². The molecule has 0 heterocycles. The van der Waals surface area contributed by atoms with Crippen molar-refractivity contribution in [1.29, 1.82) is 0 Å². The van der Waals surface area contributed by atoms with Crippen LogP contribution >= 0.6 is 0 Å². The molecule has 0 atom stereocenters. The van der Waals surface area contributed by atoms with Crippen LogP contribution in [0.1, 0.15) is 20.8 Å². The lowest BCUT2D eigenvalue weighted by atomic mass is 9.97. The van der Waals surface area contributed by atoms with Crippen molar-refractivity contribution in [2.24, 2.45) is 11.3 Å². The summed E-state index contributed by atoms with van der Waals surface area (Å²) >= 11 is 0. The molecule has 0 aliphatic heterocycles. The Morgan fingerprint density at radius 1 is 1.36 bits per heavy atom. The summed E-state index contributed by atoms with van der Waals surface area (Å²) in [5.74, 6) is 2.73. The Bertz CT molecular complexity index is 210. The molecule has 0 aromatic rings. The van der Waals surface area contributed by atoms with Crippen molar-refractivity contribution in [2.75, 3.05) is 6.54 Å². The van der Waals surface area contributed by atoms with E-state index in [1.54, 1.807) is 20.8 Å². The van der Waals surface area contributed by atoms with Crippen LogP contribution in [0.25, 0.3) is 0 Å². The zero-order valence-electron chi connectivity index (χ0n) is 8.18. The molecule has 4 nitrogen and oxygen atoms in total. The summed E-state index contributed by atoms with van der Waals surface area (Å²) in [7, 11) is 0. The number of alkyl halides is 3. The lowest BCUT2D eigenvalue weighted by molar-refractivity contribution is -0.243. The van der Waals surface area contributed by atoms with E-state index in [2.05, 4.69) is 4.84 Å². The highest BCUT2D eigenvalue weighted by Gasteiger charge is 2.42. The minimum atomic E-state index is -5.02. The van der Waals surface area contributed by atoms with E-state index in [1.807, 2.05) is 0 Å². The normalized spacial score (nSPS) is 13.1. The van der Waals surface area contributed by atoms with Gasteiger partial charge in [0.25, 0.3) is 0 Å². The molecule has 0 fully saturated rings. The number of nitrogens with zero attached hydrogens (tertiary/aromatic N) is 1. The van der Waals surface area contributed by atoms with Crippen LogP contribution in [0.2, 0.25) is 0 Å². The first kappa shape index (κ1) is 13.2. The summed E-state index contributed by atoms with van der Waals surface area (Å²) in [6.07, 6.45) is -5.02. The molecule has 0 bridgehead atoms. The highest BCUT2D eigenvalue weighted by Crippen LogP contribution is 2.18. The van der Waals surface area contributed by atoms with Crippen LogP contribution in [0.15, 0.2) is 0 Å². The standard InChI is InChI=1S/C7H13F3N2O2/c1-6(2,3)4-12(11)14-5(13)7(8,9)10/h4,11H2,1-3H3. The van der Waals surface area contributed by atoms with Gasteiger partial charge in [-0.2, -0.15) is 13.2 Å². The van der Waals surface area contributed by atoms with Crippen molar-refractivity contribution in [2.45, 2.75) is 26.9 Å². The van der Waals surface area contributed by atoms with Gasteiger partial charge in [-0.25, -0.2) is 10.6 Å². The van der Waals surface area contributed by atoms with Crippen LogP contribution in [0, 0.1) is 5.41 Å². The molecule has 0 aromatic carbocycles. The third-order valence-corrected chi connectivity index (χ3v) is 1.06. The van der Waals surface area contributed by atoms with Gasteiger partial charge in [0.05, 0.1) is 6.54 Å². The summed E-state index contributed by atoms with van der Waals surface area (Å²) in [5, 5.41) is 0.385. The summed E-state index contributed by atoms with van der Waals surface area (Å²) in [6.45, 7) is 5.24. The average molecular weight is 214 g/mol. The molecule has 0 aliphatic rings. The number of carbonyl (C=O) groups excluding carboxylic acids is 1. The number of nitrogens with two attached hydrogens (primary N) is 1. The number of rotatable bonds is 2. The number of carbonyl (C=O) groups is 1. The Hall–Kier alpha value is -0.820. The maximum atomic E-state index is 11.7. The minimum Gasteiger partial charge on any atom is -0.345 e. The van der Waals surface area contributed by atoms with Gasteiger partial charge in [0.1, 0.15) is 0 Å². The molecule has 0 aliphatic carbocycles. The van der Waals surface area contributed by atoms with Crippen molar-refractivity contribution in [1.82, 2.24) is 5.17 Å². The van der Waals surface area contributed by atoms with E-state index in [9.17, 15) is 18.0 Å². The number of hydrogen-bond donors (Lipinski definition) is 1. The van der Waals surface area contributed by atoms with Gasteiger partial charge >= 0.3 is 12.1 Å². The largest absolute Gasteiger partial charge is 0.492 e. The first-order valence-corrected chi connectivity index (χ1v) is 3.84. The van der Waals surface area contributed by atoms with Gasteiger partial charge in [0.15, 0.2) is 0 Å². The van der Waals surface area contributed by atoms with Crippen LogP contribution in [-0.4, -0.2) is 23.9 Å². The second-order valence-corrected chi connectivity index (χ2v) is 4.01. The monoisotopic (exact) mass is 214 g/mol. The summed E-state index contributed by atoms with van der Waals surface area (Å²) < 4.78 is 35.1. The van der Waals surface area contributed by atoms with Gasteiger partial charge in [-0.15, -0.1) is 0 Å². The molecule has 0 rings (SSSR count). The maximum Gasteiger partial charge on any atom is 0.492 e. The van der Waals surface area contributed by atoms with Crippen molar-refractivity contribution >= 4 is 5.97 Å². The van der Waals surface area contributed by atoms with Gasteiger partial charge < -0.3 is 4.84 Å². The van der Waals surface area contributed by atoms with Gasteiger partial charge in [-0.05, 0) is 5.41 Å². The fourth-order valence-corrected chi connectivity index (χ4v) is 0.658. The van der Waals surface area contributed by atoms with E-state index in [-0.39, 0.29) is 12.0 Å². The number of hydrogen-bond acceptors (Lipinski definition) is 4. The van der Waals surface area contributed by atoms with Crippen LogP contribution in [-0.2, 0) is 9.63 Å². The zero-order chi connectivity index (χ0) is 11.6. The Kier molecular flexibility index (Phi) is 3.90. The second kappa shape index (κ2) is 4.14. The molecular formula is C7H13F3N2O2. The molecule has 0 saturated heterocycles. The molecular weight excluding hydrogens is 201 g/mol. The Morgan fingerprint density at radius 2 is 1.79 bits per heavy atom. The third-order valence-electron chi connectivity index (χ3n) is 1.06. The van der Waals surface area contributed by atoms with E-state index in [0.717, 1.165) is 0 Å². The van der Waals surface area contributed by atoms with E-state index < -0.39 is 12.1 Å². The van der Waals surface area contributed by atoms with Crippen LogP contribution < -0.4 is 5.84 Å².